The normalized spacial score (nSPS) is 15.7. The fourth-order valence-electron chi connectivity index (χ4n) is 4.04. The highest BCUT2D eigenvalue weighted by Crippen LogP contribution is 2.36. The molecular formula is C23H20FN5OS. The number of aryl methyl sites for hydroxylation is 1. The van der Waals surface area contributed by atoms with Crippen LogP contribution in [0.4, 0.5) is 4.39 Å². The van der Waals surface area contributed by atoms with Crippen LogP contribution in [0.1, 0.15) is 38.1 Å². The second kappa shape index (κ2) is 7.70. The minimum atomic E-state index is -0.312. The maximum atomic E-state index is 13.3. The van der Waals surface area contributed by atoms with E-state index in [1.165, 1.54) is 29.0 Å². The predicted molar refractivity (Wildman–Crippen MR) is 116 cm³/mol. The predicted octanol–water partition coefficient (Wildman–Crippen LogP) is 4.17. The van der Waals surface area contributed by atoms with Gasteiger partial charge in [-0.1, -0.05) is 35.6 Å². The van der Waals surface area contributed by atoms with Crippen LogP contribution in [0.3, 0.4) is 0 Å². The summed E-state index contributed by atoms with van der Waals surface area (Å²) in [5, 5.41) is 13.6. The Kier molecular flexibility index (Phi) is 4.86. The summed E-state index contributed by atoms with van der Waals surface area (Å²) < 4.78 is 15.1. The number of carbonyl (C=O) groups is 1. The molecule has 0 bridgehead atoms. The van der Waals surface area contributed by atoms with Gasteiger partial charge < -0.3 is 4.90 Å². The Bertz CT molecular complexity index is 1260. The third-order valence-corrected chi connectivity index (χ3v) is 6.79. The van der Waals surface area contributed by atoms with Crippen molar-refractivity contribution in [2.24, 2.45) is 7.05 Å². The molecule has 0 saturated carbocycles. The first kappa shape index (κ1) is 19.6. The molecule has 0 N–H and O–H groups in total. The molecule has 1 aliphatic heterocycles. The topological polar surface area (TPSA) is 63.9 Å². The SMILES string of the molecule is Cc1c(C2CN(C(=O)c3nnc(-c4ccc(F)cc4)s3)Cc3ccccc32)cnn1C. The van der Waals surface area contributed by atoms with Crippen LogP contribution < -0.4 is 0 Å². The van der Waals surface area contributed by atoms with Gasteiger partial charge in [0.15, 0.2) is 0 Å². The van der Waals surface area contributed by atoms with Gasteiger partial charge in [-0.25, -0.2) is 4.39 Å². The summed E-state index contributed by atoms with van der Waals surface area (Å²) in [6, 6.07) is 14.3. The fourth-order valence-corrected chi connectivity index (χ4v) is 4.86. The van der Waals surface area contributed by atoms with E-state index in [-0.39, 0.29) is 17.6 Å². The lowest BCUT2D eigenvalue weighted by Crippen LogP contribution is -2.38. The average Bonchev–Trinajstić information content (AvgIpc) is 3.40. The zero-order valence-corrected chi connectivity index (χ0v) is 17.9. The van der Waals surface area contributed by atoms with E-state index < -0.39 is 0 Å². The fraction of sp³-hybridized carbons (Fsp3) is 0.217. The van der Waals surface area contributed by atoms with Crippen LogP contribution in [0.25, 0.3) is 10.6 Å². The smallest absolute Gasteiger partial charge is 0.285 e. The molecule has 1 unspecified atom stereocenters. The number of halogens is 1. The number of aromatic nitrogens is 4. The molecule has 156 valence electrons. The van der Waals surface area contributed by atoms with E-state index in [1.807, 2.05) is 41.9 Å². The molecule has 1 amide bonds. The molecule has 31 heavy (non-hydrogen) atoms. The standard InChI is InChI=1S/C23H20FN5OS/c1-14-19(11-25-28(14)2)20-13-29(12-16-5-3-4-6-18(16)20)23(30)22-27-26-21(31-22)15-7-9-17(24)10-8-15/h3-11,20H,12-13H2,1-2H3. The summed E-state index contributed by atoms with van der Waals surface area (Å²) in [6.45, 7) is 3.12. The van der Waals surface area contributed by atoms with Crippen molar-refractivity contribution in [3.8, 4) is 10.6 Å². The van der Waals surface area contributed by atoms with Crippen LogP contribution in [0, 0.1) is 12.7 Å². The molecule has 0 radical (unpaired) electrons. The first-order chi connectivity index (χ1) is 15.0. The number of amides is 1. The summed E-state index contributed by atoms with van der Waals surface area (Å²) in [6.07, 6.45) is 1.89. The molecule has 0 fully saturated rings. The monoisotopic (exact) mass is 433 g/mol. The van der Waals surface area contributed by atoms with E-state index in [9.17, 15) is 9.18 Å². The third kappa shape index (κ3) is 3.53. The molecule has 8 heteroatoms. The molecule has 0 spiro atoms. The lowest BCUT2D eigenvalue weighted by molar-refractivity contribution is 0.0723. The maximum absolute atomic E-state index is 13.3. The van der Waals surface area contributed by atoms with E-state index >= 15 is 0 Å². The summed E-state index contributed by atoms with van der Waals surface area (Å²) in [5.74, 6) is -0.410. The van der Waals surface area contributed by atoms with Crippen LogP contribution in [0.5, 0.6) is 0 Å². The Labute approximate surface area is 183 Å². The largest absolute Gasteiger partial charge is 0.331 e. The van der Waals surface area contributed by atoms with Gasteiger partial charge >= 0.3 is 0 Å². The highest BCUT2D eigenvalue weighted by molar-refractivity contribution is 7.16. The summed E-state index contributed by atoms with van der Waals surface area (Å²) in [5.41, 5.74) is 5.30. The molecule has 1 atom stereocenters. The van der Waals surface area contributed by atoms with Crippen molar-refractivity contribution in [3.05, 3.63) is 87.9 Å². The average molecular weight is 434 g/mol. The molecule has 2 aromatic carbocycles. The van der Waals surface area contributed by atoms with Crippen molar-refractivity contribution in [1.82, 2.24) is 24.9 Å². The van der Waals surface area contributed by atoms with Crippen molar-refractivity contribution in [1.29, 1.82) is 0 Å². The zero-order chi connectivity index (χ0) is 21.5. The number of hydrogen-bond donors (Lipinski definition) is 0. The Balaban J connectivity index is 1.46. The quantitative estimate of drug-likeness (QED) is 0.486. The van der Waals surface area contributed by atoms with E-state index in [4.69, 9.17) is 0 Å². The number of carbonyl (C=O) groups excluding carboxylic acids is 1. The van der Waals surface area contributed by atoms with Gasteiger partial charge in [0.05, 0.1) is 6.20 Å². The summed E-state index contributed by atoms with van der Waals surface area (Å²) >= 11 is 1.23. The maximum Gasteiger partial charge on any atom is 0.285 e. The Hall–Kier alpha value is -3.39. The number of fused-ring (bicyclic) bond motifs is 1. The third-order valence-electron chi connectivity index (χ3n) is 5.83. The lowest BCUT2D eigenvalue weighted by atomic mass is 9.85. The number of benzene rings is 2. The van der Waals surface area contributed by atoms with Crippen LogP contribution >= 0.6 is 11.3 Å². The summed E-state index contributed by atoms with van der Waals surface area (Å²) in [4.78, 5) is 15.2. The molecule has 0 saturated heterocycles. The molecular weight excluding hydrogens is 413 g/mol. The Morgan fingerprint density at radius 2 is 1.87 bits per heavy atom. The van der Waals surface area contributed by atoms with Gasteiger partial charge in [-0.2, -0.15) is 5.10 Å². The Morgan fingerprint density at radius 3 is 2.61 bits per heavy atom. The van der Waals surface area contributed by atoms with Crippen molar-refractivity contribution in [3.63, 3.8) is 0 Å². The molecule has 6 nitrogen and oxygen atoms in total. The van der Waals surface area contributed by atoms with Crippen LogP contribution in [0.2, 0.25) is 0 Å². The first-order valence-corrected chi connectivity index (χ1v) is 10.8. The van der Waals surface area contributed by atoms with Crippen molar-refractivity contribution >= 4 is 17.2 Å². The molecule has 0 aliphatic carbocycles. The molecule has 5 rings (SSSR count). The first-order valence-electron chi connectivity index (χ1n) is 9.96. The Morgan fingerprint density at radius 1 is 1.10 bits per heavy atom. The second-order valence-corrected chi connectivity index (χ2v) is 8.64. The number of hydrogen-bond acceptors (Lipinski definition) is 5. The van der Waals surface area contributed by atoms with Gasteiger partial charge in [0, 0.05) is 42.9 Å². The zero-order valence-electron chi connectivity index (χ0n) is 17.1. The van der Waals surface area contributed by atoms with Crippen LogP contribution in [0.15, 0.2) is 54.7 Å². The minimum absolute atomic E-state index is 0.0482. The van der Waals surface area contributed by atoms with E-state index in [1.54, 1.807) is 12.1 Å². The molecule has 3 heterocycles. The number of rotatable bonds is 3. The van der Waals surface area contributed by atoms with Gasteiger partial charge in [0.1, 0.15) is 10.8 Å². The van der Waals surface area contributed by atoms with Crippen LogP contribution in [-0.4, -0.2) is 37.3 Å². The lowest BCUT2D eigenvalue weighted by Gasteiger charge is -2.34. The van der Waals surface area contributed by atoms with E-state index in [0.717, 1.165) is 22.4 Å². The van der Waals surface area contributed by atoms with Crippen molar-refractivity contribution < 1.29 is 9.18 Å². The van der Waals surface area contributed by atoms with Crippen molar-refractivity contribution in [2.75, 3.05) is 6.54 Å². The van der Waals surface area contributed by atoms with Crippen LogP contribution in [-0.2, 0) is 13.6 Å². The highest BCUT2D eigenvalue weighted by Gasteiger charge is 2.32. The van der Waals surface area contributed by atoms with Gasteiger partial charge in [-0.15, -0.1) is 10.2 Å². The number of nitrogens with zero attached hydrogens (tertiary/aromatic N) is 5. The van der Waals surface area contributed by atoms with E-state index in [2.05, 4.69) is 27.4 Å². The van der Waals surface area contributed by atoms with Gasteiger partial charge in [0.2, 0.25) is 5.01 Å². The van der Waals surface area contributed by atoms with Crippen molar-refractivity contribution in [2.45, 2.75) is 19.4 Å². The van der Waals surface area contributed by atoms with Gasteiger partial charge in [-0.3, -0.25) is 9.48 Å². The molecule has 2 aromatic heterocycles. The second-order valence-electron chi connectivity index (χ2n) is 7.67. The highest BCUT2D eigenvalue weighted by atomic mass is 32.1. The minimum Gasteiger partial charge on any atom is -0.331 e. The van der Waals surface area contributed by atoms with E-state index in [0.29, 0.717) is 23.1 Å². The van der Waals surface area contributed by atoms with Gasteiger partial charge in [0.25, 0.3) is 5.91 Å². The van der Waals surface area contributed by atoms with Gasteiger partial charge in [-0.05, 0) is 42.3 Å². The summed E-state index contributed by atoms with van der Waals surface area (Å²) in [7, 11) is 1.93. The molecule has 1 aliphatic rings. The molecule has 4 aromatic rings.